The molecule has 0 saturated carbocycles. The Kier molecular flexibility index (Phi) is 5.23. The van der Waals surface area contributed by atoms with Crippen molar-refractivity contribution in [3.8, 4) is 5.75 Å². The zero-order chi connectivity index (χ0) is 15.2. The minimum absolute atomic E-state index is 0.581. The van der Waals surface area contributed by atoms with E-state index in [1.165, 1.54) is 16.8 Å². The Hall–Kier alpha value is -2.00. The summed E-state index contributed by atoms with van der Waals surface area (Å²) in [6.45, 7) is 6.63. The molecular weight excluding hydrogens is 260 g/mol. The van der Waals surface area contributed by atoms with E-state index in [0.717, 1.165) is 24.4 Å². The predicted octanol–water partition coefficient (Wildman–Crippen LogP) is 3.49. The monoisotopic (exact) mass is 284 g/mol. The highest BCUT2D eigenvalue weighted by molar-refractivity contribution is 5.49. The lowest BCUT2D eigenvalue weighted by Crippen LogP contribution is -2.22. The van der Waals surface area contributed by atoms with Crippen LogP contribution >= 0.6 is 0 Å². The molecule has 0 bridgehead atoms. The van der Waals surface area contributed by atoms with Crippen LogP contribution in [0.25, 0.3) is 0 Å². The molecule has 21 heavy (non-hydrogen) atoms. The number of methoxy groups -OCH3 is 1. The highest BCUT2D eigenvalue weighted by atomic mass is 16.5. The van der Waals surface area contributed by atoms with Crippen molar-refractivity contribution in [2.75, 3.05) is 18.6 Å². The second kappa shape index (κ2) is 7.14. The van der Waals surface area contributed by atoms with Gasteiger partial charge in [-0.1, -0.05) is 29.8 Å². The maximum Gasteiger partial charge on any atom is 0.123 e. The van der Waals surface area contributed by atoms with Gasteiger partial charge in [0.15, 0.2) is 0 Å². The number of aryl methyl sites for hydroxylation is 1. The number of benzene rings is 2. The van der Waals surface area contributed by atoms with Gasteiger partial charge in [-0.2, -0.15) is 0 Å². The zero-order valence-electron chi connectivity index (χ0n) is 13.1. The summed E-state index contributed by atoms with van der Waals surface area (Å²) >= 11 is 0. The summed E-state index contributed by atoms with van der Waals surface area (Å²) in [6, 6.07) is 14.7. The SMILES string of the molecule is CCN(Cc1cc(C)ccc1OC)c1ccc(CN)cc1. The average Bonchev–Trinajstić information content (AvgIpc) is 2.53. The Morgan fingerprint density at radius 1 is 1.10 bits per heavy atom. The Morgan fingerprint density at radius 2 is 1.81 bits per heavy atom. The van der Waals surface area contributed by atoms with Crippen molar-refractivity contribution in [1.82, 2.24) is 0 Å². The van der Waals surface area contributed by atoms with Crippen LogP contribution in [0.1, 0.15) is 23.6 Å². The van der Waals surface area contributed by atoms with E-state index in [2.05, 4.69) is 55.1 Å². The Balaban J connectivity index is 2.23. The van der Waals surface area contributed by atoms with Gasteiger partial charge in [-0.15, -0.1) is 0 Å². The molecule has 0 unspecified atom stereocenters. The third kappa shape index (κ3) is 3.76. The largest absolute Gasteiger partial charge is 0.496 e. The molecule has 0 spiro atoms. The number of nitrogens with zero attached hydrogens (tertiary/aromatic N) is 1. The molecule has 0 heterocycles. The molecule has 0 fully saturated rings. The molecule has 2 aromatic rings. The first-order valence-electron chi connectivity index (χ1n) is 7.35. The topological polar surface area (TPSA) is 38.5 Å². The maximum absolute atomic E-state index is 5.66. The van der Waals surface area contributed by atoms with Crippen LogP contribution in [-0.4, -0.2) is 13.7 Å². The highest BCUT2D eigenvalue weighted by Gasteiger charge is 2.09. The van der Waals surface area contributed by atoms with Crippen molar-refractivity contribution < 1.29 is 4.74 Å². The second-order valence-corrected chi connectivity index (χ2v) is 5.20. The molecule has 2 aromatic carbocycles. The van der Waals surface area contributed by atoms with Crippen molar-refractivity contribution in [2.45, 2.75) is 26.9 Å². The Labute approximate surface area is 127 Å². The number of anilines is 1. The van der Waals surface area contributed by atoms with Gasteiger partial charge >= 0.3 is 0 Å². The van der Waals surface area contributed by atoms with E-state index in [0.29, 0.717) is 6.54 Å². The molecule has 3 nitrogen and oxygen atoms in total. The van der Waals surface area contributed by atoms with Gasteiger partial charge in [0.25, 0.3) is 0 Å². The fourth-order valence-corrected chi connectivity index (χ4v) is 2.47. The normalized spacial score (nSPS) is 10.5. The molecule has 0 amide bonds. The molecule has 0 aliphatic heterocycles. The smallest absolute Gasteiger partial charge is 0.123 e. The first kappa shape index (κ1) is 15.4. The summed E-state index contributed by atoms with van der Waals surface area (Å²) < 4.78 is 5.47. The van der Waals surface area contributed by atoms with Crippen molar-refractivity contribution in [1.29, 1.82) is 0 Å². The molecule has 0 aromatic heterocycles. The first-order chi connectivity index (χ1) is 10.2. The minimum Gasteiger partial charge on any atom is -0.496 e. The number of rotatable bonds is 6. The number of ether oxygens (including phenoxy) is 1. The van der Waals surface area contributed by atoms with Crippen molar-refractivity contribution in [2.24, 2.45) is 5.73 Å². The van der Waals surface area contributed by atoms with E-state index < -0.39 is 0 Å². The van der Waals surface area contributed by atoms with E-state index in [4.69, 9.17) is 10.5 Å². The molecule has 112 valence electrons. The Bertz CT molecular complexity index is 578. The quantitative estimate of drug-likeness (QED) is 0.882. The molecular formula is C18H24N2O. The van der Waals surface area contributed by atoms with Gasteiger partial charge in [0, 0.05) is 30.9 Å². The summed E-state index contributed by atoms with van der Waals surface area (Å²) in [7, 11) is 1.72. The van der Waals surface area contributed by atoms with Crippen LogP contribution in [-0.2, 0) is 13.1 Å². The molecule has 2 rings (SSSR count). The van der Waals surface area contributed by atoms with Crippen LogP contribution < -0.4 is 15.4 Å². The minimum atomic E-state index is 0.581. The van der Waals surface area contributed by atoms with Gasteiger partial charge in [-0.3, -0.25) is 0 Å². The van der Waals surface area contributed by atoms with Gasteiger partial charge in [0.1, 0.15) is 5.75 Å². The lowest BCUT2D eigenvalue weighted by atomic mass is 10.1. The summed E-state index contributed by atoms with van der Waals surface area (Å²) in [5.74, 6) is 0.942. The standard InChI is InChI=1S/C18H24N2O/c1-4-20(17-8-6-15(12-19)7-9-17)13-16-11-14(2)5-10-18(16)21-3/h5-11H,4,12-13,19H2,1-3H3. The molecule has 0 saturated heterocycles. The van der Waals surface area contributed by atoms with Gasteiger partial charge < -0.3 is 15.4 Å². The van der Waals surface area contributed by atoms with Crippen molar-refractivity contribution in [3.63, 3.8) is 0 Å². The van der Waals surface area contributed by atoms with Gasteiger partial charge in [-0.05, 0) is 37.6 Å². The number of hydrogen-bond acceptors (Lipinski definition) is 3. The van der Waals surface area contributed by atoms with E-state index in [1.807, 2.05) is 6.07 Å². The van der Waals surface area contributed by atoms with Crippen LogP contribution in [0, 0.1) is 6.92 Å². The van der Waals surface area contributed by atoms with E-state index >= 15 is 0 Å². The van der Waals surface area contributed by atoms with Gasteiger partial charge in [0.05, 0.1) is 7.11 Å². The lowest BCUT2D eigenvalue weighted by molar-refractivity contribution is 0.409. The zero-order valence-corrected chi connectivity index (χ0v) is 13.1. The van der Waals surface area contributed by atoms with E-state index in [9.17, 15) is 0 Å². The molecule has 0 aliphatic rings. The first-order valence-corrected chi connectivity index (χ1v) is 7.35. The van der Waals surface area contributed by atoms with Crippen LogP contribution in [0.4, 0.5) is 5.69 Å². The third-order valence-electron chi connectivity index (χ3n) is 3.72. The van der Waals surface area contributed by atoms with Crippen LogP contribution in [0.15, 0.2) is 42.5 Å². The van der Waals surface area contributed by atoms with Gasteiger partial charge in [-0.25, -0.2) is 0 Å². The van der Waals surface area contributed by atoms with E-state index in [1.54, 1.807) is 7.11 Å². The van der Waals surface area contributed by atoms with Crippen molar-refractivity contribution >= 4 is 5.69 Å². The number of nitrogens with two attached hydrogens (primary N) is 1. The molecule has 0 radical (unpaired) electrons. The second-order valence-electron chi connectivity index (χ2n) is 5.20. The maximum atomic E-state index is 5.66. The van der Waals surface area contributed by atoms with Crippen LogP contribution in [0.5, 0.6) is 5.75 Å². The average molecular weight is 284 g/mol. The van der Waals surface area contributed by atoms with Gasteiger partial charge in [0.2, 0.25) is 0 Å². The number of hydrogen-bond donors (Lipinski definition) is 1. The predicted molar refractivity (Wildman–Crippen MR) is 88.8 cm³/mol. The van der Waals surface area contributed by atoms with Crippen LogP contribution in [0.2, 0.25) is 0 Å². The fourth-order valence-electron chi connectivity index (χ4n) is 2.47. The van der Waals surface area contributed by atoms with Crippen LogP contribution in [0.3, 0.4) is 0 Å². The third-order valence-corrected chi connectivity index (χ3v) is 3.72. The summed E-state index contributed by atoms with van der Waals surface area (Å²) in [5, 5.41) is 0. The Morgan fingerprint density at radius 3 is 2.38 bits per heavy atom. The molecule has 3 heteroatoms. The summed E-state index contributed by atoms with van der Waals surface area (Å²) in [4.78, 5) is 2.33. The van der Waals surface area contributed by atoms with E-state index in [-0.39, 0.29) is 0 Å². The van der Waals surface area contributed by atoms with Crippen molar-refractivity contribution in [3.05, 3.63) is 59.2 Å². The summed E-state index contributed by atoms with van der Waals surface area (Å²) in [6.07, 6.45) is 0. The lowest BCUT2D eigenvalue weighted by Gasteiger charge is -2.24. The molecule has 0 atom stereocenters. The highest BCUT2D eigenvalue weighted by Crippen LogP contribution is 2.24. The molecule has 2 N–H and O–H groups in total. The summed E-state index contributed by atoms with van der Waals surface area (Å²) in [5.41, 5.74) is 10.5. The molecule has 0 aliphatic carbocycles. The fraction of sp³-hybridized carbons (Fsp3) is 0.333.